The molecule has 0 aliphatic heterocycles. The summed E-state index contributed by atoms with van der Waals surface area (Å²) in [6, 6.07) is 13.8. The minimum Gasteiger partial charge on any atom is -0.306 e. The van der Waals surface area contributed by atoms with Gasteiger partial charge in [0, 0.05) is 10.0 Å². The summed E-state index contributed by atoms with van der Waals surface area (Å²) in [6.07, 6.45) is 1.78. The van der Waals surface area contributed by atoms with Gasteiger partial charge in [0.1, 0.15) is 5.65 Å². The molecule has 4 nitrogen and oxygen atoms in total. The Balaban J connectivity index is 2.17. The van der Waals surface area contributed by atoms with Gasteiger partial charge in [0.15, 0.2) is 0 Å². The molecule has 1 N–H and O–H groups in total. The molecule has 0 atom stereocenters. The third-order valence-electron chi connectivity index (χ3n) is 3.75. The largest absolute Gasteiger partial charge is 0.306 e. The van der Waals surface area contributed by atoms with Crippen LogP contribution in [0.25, 0.3) is 27.7 Å². The number of H-pyrrole nitrogens is 1. The van der Waals surface area contributed by atoms with Crippen molar-refractivity contribution in [2.45, 2.75) is 6.92 Å². The van der Waals surface area contributed by atoms with Crippen molar-refractivity contribution in [2.24, 2.45) is 0 Å². The third-order valence-corrected chi connectivity index (χ3v) is 4.35. The maximum absolute atomic E-state index is 12.5. The van der Waals surface area contributed by atoms with E-state index in [-0.39, 0.29) is 5.56 Å². The Labute approximate surface area is 134 Å². The Morgan fingerprint density at radius 2 is 1.95 bits per heavy atom. The zero-order chi connectivity index (χ0) is 15.3. The molecule has 2 aromatic heterocycles. The summed E-state index contributed by atoms with van der Waals surface area (Å²) < 4.78 is 2.64. The van der Waals surface area contributed by atoms with Crippen LogP contribution in [-0.2, 0) is 0 Å². The van der Waals surface area contributed by atoms with Crippen LogP contribution < -0.4 is 5.56 Å². The summed E-state index contributed by atoms with van der Waals surface area (Å²) in [7, 11) is 0. The smallest absolute Gasteiger partial charge is 0.259 e. The van der Waals surface area contributed by atoms with Gasteiger partial charge in [0.2, 0.25) is 0 Å². The van der Waals surface area contributed by atoms with E-state index in [1.165, 1.54) is 0 Å². The number of nitrogens with one attached hydrogen (secondary N) is 1. The quantitative estimate of drug-likeness (QED) is 0.563. The van der Waals surface area contributed by atoms with E-state index in [0.29, 0.717) is 11.0 Å². The van der Waals surface area contributed by atoms with Gasteiger partial charge >= 0.3 is 0 Å². The van der Waals surface area contributed by atoms with Gasteiger partial charge in [-0.15, -0.1) is 0 Å². The van der Waals surface area contributed by atoms with Gasteiger partial charge in [0.05, 0.1) is 17.1 Å². The summed E-state index contributed by atoms with van der Waals surface area (Å²) in [5.41, 5.74) is 4.34. The lowest BCUT2D eigenvalue weighted by Gasteiger charge is -2.06. The Hall–Kier alpha value is -2.40. The van der Waals surface area contributed by atoms with E-state index in [2.05, 4.69) is 26.0 Å². The standard InChI is InChI=1S/C17H12BrN3O/c1-10-7-12-15(14(18)8-10)21-16(20-17(12)22)13(9-19-21)11-5-3-2-4-6-11/h2-9H,1H3,(H,20,22). The lowest BCUT2D eigenvalue weighted by atomic mass is 10.1. The van der Waals surface area contributed by atoms with Crippen LogP contribution in [0.2, 0.25) is 0 Å². The third kappa shape index (κ3) is 1.89. The SMILES string of the molecule is Cc1cc(Br)c2c(c1)c(=O)[nH]c1c(-c3ccccc3)cnn12. The molecule has 4 rings (SSSR count). The molecule has 0 aliphatic carbocycles. The van der Waals surface area contributed by atoms with Crippen LogP contribution >= 0.6 is 15.9 Å². The van der Waals surface area contributed by atoms with Gasteiger partial charge in [0.25, 0.3) is 5.56 Å². The molecule has 0 fully saturated rings. The van der Waals surface area contributed by atoms with Crippen LogP contribution in [0.5, 0.6) is 0 Å². The second-order valence-electron chi connectivity index (χ2n) is 5.28. The molecule has 0 saturated carbocycles. The van der Waals surface area contributed by atoms with Crippen LogP contribution in [0.15, 0.2) is 57.9 Å². The lowest BCUT2D eigenvalue weighted by Crippen LogP contribution is -2.11. The molecule has 2 heterocycles. The van der Waals surface area contributed by atoms with E-state index in [0.717, 1.165) is 26.7 Å². The molecule has 5 heteroatoms. The molecular formula is C17H12BrN3O. The first-order chi connectivity index (χ1) is 10.6. The second kappa shape index (κ2) is 4.81. The predicted octanol–water partition coefficient (Wildman–Crippen LogP) is 3.91. The number of hydrogen-bond acceptors (Lipinski definition) is 2. The molecule has 4 aromatic rings. The van der Waals surface area contributed by atoms with Gasteiger partial charge < -0.3 is 4.98 Å². The zero-order valence-corrected chi connectivity index (χ0v) is 13.4. The van der Waals surface area contributed by atoms with Crippen LogP contribution in [0.4, 0.5) is 0 Å². The molecule has 0 radical (unpaired) electrons. The maximum Gasteiger partial charge on any atom is 0.259 e. The number of aromatic amines is 1. The minimum atomic E-state index is -0.107. The maximum atomic E-state index is 12.5. The fourth-order valence-corrected chi connectivity index (χ4v) is 3.51. The van der Waals surface area contributed by atoms with Gasteiger partial charge in [-0.1, -0.05) is 30.3 Å². The number of aryl methyl sites for hydroxylation is 1. The van der Waals surface area contributed by atoms with Crippen molar-refractivity contribution in [3.63, 3.8) is 0 Å². The summed E-state index contributed by atoms with van der Waals surface area (Å²) in [4.78, 5) is 15.4. The predicted molar refractivity (Wildman–Crippen MR) is 91.2 cm³/mol. The normalized spacial score (nSPS) is 11.4. The summed E-state index contributed by atoms with van der Waals surface area (Å²) in [5.74, 6) is 0. The summed E-state index contributed by atoms with van der Waals surface area (Å²) in [5, 5.41) is 5.10. The molecule has 0 bridgehead atoms. The fourth-order valence-electron chi connectivity index (χ4n) is 2.77. The highest BCUT2D eigenvalue weighted by molar-refractivity contribution is 9.10. The number of hydrogen-bond donors (Lipinski definition) is 1. The number of aromatic nitrogens is 3. The summed E-state index contributed by atoms with van der Waals surface area (Å²) >= 11 is 3.55. The van der Waals surface area contributed by atoms with Gasteiger partial charge in [-0.3, -0.25) is 4.79 Å². The second-order valence-corrected chi connectivity index (χ2v) is 6.14. The van der Waals surface area contributed by atoms with E-state index in [9.17, 15) is 4.79 Å². The highest BCUT2D eigenvalue weighted by atomic mass is 79.9. The molecule has 2 aromatic carbocycles. The van der Waals surface area contributed by atoms with E-state index in [4.69, 9.17) is 0 Å². The lowest BCUT2D eigenvalue weighted by molar-refractivity contribution is 0.974. The van der Waals surface area contributed by atoms with Crippen LogP contribution in [0.3, 0.4) is 0 Å². The van der Waals surface area contributed by atoms with Crippen molar-refractivity contribution in [3.8, 4) is 11.1 Å². The molecule has 108 valence electrons. The molecule has 0 spiro atoms. The van der Waals surface area contributed by atoms with Crippen molar-refractivity contribution in [1.29, 1.82) is 0 Å². The number of nitrogens with zero attached hydrogens (tertiary/aromatic N) is 2. The van der Waals surface area contributed by atoms with Crippen LogP contribution in [-0.4, -0.2) is 14.6 Å². The molecular weight excluding hydrogens is 342 g/mol. The van der Waals surface area contributed by atoms with Crippen molar-refractivity contribution in [1.82, 2.24) is 14.6 Å². The van der Waals surface area contributed by atoms with E-state index >= 15 is 0 Å². The average molecular weight is 354 g/mol. The van der Waals surface area contributed by atoms with E-state index < -0.39 is 0 Å². The van der Waals surface area contributed by atoms with Crippen molar-refractivity contribution in [3.05, 3.63) is 69.1 Å². The highest BCUT2D eigenvalue weighted by Crippen LogP contribution is 2.28. The first kappa shape index (κ1) is 13.3. The number of fused-ring (bicyclic) bond motifs is 3. The Morgan fingerprint density at radius 3 is 2.73 bits per heavy atom. The van der Waals surface area contributed by atoms with Crippen molar-refractivity contribution >= 4 is 32.5 Å². The Morgan fingerprint density at radius 1 is 1.18 bits per heavy atom. The van der Waals surface area contributed by atoms with Gasteiger partial charge in [-0.2, -0.15) is 5.10 Å². The van der Waals surface area contributed by atoms with Crippen LogP contribution in [0.1, 0.15) is 5.56 Å². The van der Waals surface area contributed by atoms with Crippen molar-refractivity contribution < 1.29 is 0 Å². The van der Waals surface area contributed by atoms with E-state index in [1.807, 2.05) is 49.4 Å². The van der Waals surface area contributed by atoms with Crippen molar-refractivity contribution in [2.75, 3.05) is 0 Å². The fraction of sp³-hybridized carbons (Fsp3) is 0.0588. The number of benzene rings is 2. The number of rotatable bonds is 1. The Kier molecular flexibility index (Phi) is 2.90. The molecule has 0 unspecified atom stereocenters. The number of halogens is 1. The first-order valence-electron chi connectivity index (χ1n) is 6.90. The van der Waals surface area contributed by atoms with Gasteiger partial charge in [-0.25, -0.2) is 4.52 Å². The van der Waals surface area contributed by atoms with Gasteiger partial charge in [-0.05, 0) is 46.1 Å². The zero-order valence-electron chi connectivity index (χ0n) is 11.8. The molecule has 22 heavy (non-hydrogen) atoms. The average Bonchev–Trinajstić information content (AvgIpc) is 2.91. The first-order valence-corrected chi connectivity index (χ1v) is 7.70. The Bertz CT molecular complexity index is 1060. The van der Waals surface area contributed by atoms with E-state index in [1.54, 1.807) is 10.7 Å². The minimum absolute atomic E-state index is 0.107. The summed E-state index contributed by atoms with van der Waals surface area (Å²) in [6.45, 7) is 1.96. The topological polar surface area (TPSA) is 50.2 Å². The van der Waals surface area contributed by atoms with Crippen LogP contribution in [0, 0.1) is 6.92 Å². The monoisotopic (exact) mass is 353 g/mol. The molecule has 0 aliphatic rings. The molecule has 0 saturated heterocycles. The highest BCUT2D eigenvalue weighted by Gasteiger charge is 2.14. The molecule has 0 amide bonds.